The van der Waals surface area contributed by atoms with Crippen LogP contribution < -0.4 is 5.01 Å². The van der Waals surface area contributed by atoms with E-state index in [2.05, 4.69) is 5.10 Å². The lowest BCUT2D eigenvalue weighted by molar-refractivity contribution is 0.109. The summed E-state index contributed by atoms with van der Waals surface area (Å²) in [5.74, 6) is 0. The van der Waals surface area contributed by atoms with E-state index < -0.39 is 0 Å². The van der Waals surface area contributed by atoms with Gasteiger partial charge in [0, 0.05) is 0 Å². The molecule has 1 aromatic heterocycles. The number of carbonyl (C=O) groups excluding carboxylic acids is 1. The van der Waals surface area contributed by atoms with Gasteiger partial charge in [-0.15, -0.1) is 0 Å². The van der Waals surface area contributed by atoms with Crippen molar-refractivity contribution in [2.45, 2.75) is 0 Å². The third-order valence-corrected chi connectivity index (χ3v) is 2.00. The predicted molar refractivity (Wildman–Crippen MR) is 46.4 cm³/mol. The number of hydrogen-bond donors (Lipinski definition) is 0. The average molecular weight is 181 g/mol. The lowest BCUT2D eigenvalue weighted by Gasteiger charge is -2.28. The summed E-state index contributed by atoms with van der Waals surface area (Å²) in [7, 11) is 0. The van der Waals surface area contributed by atoms with Crippen molar-refractivity contribution in [3.8, 4) is 0 Å². The van der Waals surface area contributed by atoms with Gasteiger partial charge in [-0.05, 0) is 0 Å². The zero-order valence-corrected chi connectivity index (χ0v) is 7.22. The maximum absolute atomic E-state index is 10.4. The summed E-state index contributed by atoms with van der Waals surface area (Å²) in [6, 6.07) is 0. The molecule has 0 saturated carbocycles. The van der Waals surface area contributed by atoms with Crippen LogP contribution in [0.2, 0.25) is 0 Å². The van der Waals surface area contributed by atoms with E-state index in [1.165, 1.54) is 0 Å². The molecule has 0 aromatic carbocycles. The molecule has 13 heavy (non-hydrogen) atoms. The fourth-order valence-corrected chi connectivity index (χ4v) is 1.30. The van der Waals surface area contributed by atoms with Crippen molar-refractivity contribution in [2.75, 3.05) is 31.3 Å². The summed E-state index contributed by atoms with van der Waals surface area (Å²) in [6.45, 7) is 3.08. The molecule has 0 radical (unpaired) electrons. The minimum atomic E-state index is 0.603. The number of ether oxygens (including phenoxy) is 1. The minimum absolute atomic E-state index is 0.603. The highest BCUT2D eigenvalue weighted by atomic mass is 16.5. The molecular weight excluding hydrogens is 170 g/mol. The lowest BCUT2D eigenvalue weighted by atomic mass is 10.4. The van der Waals surface area contributed by atoms with Crippen molar-refractivity contribution in [2.24, 2.45) is 0 Å². The summed E-state index contributed by atoms with van der Waals surface area (Å²) in [4.78, 5) is 12.1. The molecule has 0 N–H and O–H groups in total. The van der Waals surface area contributed by atoms with E-state index in [0.29, 0.717) is 5.56 Å². The normalized spacial score (nSPS) is 17.4. The molecule has 0 spiro atoms. The van der Waals surface area contributed by atoms with Gasteiger partial charge in [-0.3, -0.25) is 9.80 Å². The molecule has 5 heteroatoms. The Morgan fingerprint density at radius 3 is 2.85 bits per heavy atom. The number of morpholine rings is 1. The Labute approximate surface area is 75.9 Å². The van der Waals surface area contributed by atoms with Gasteiger partial charge in [0.15, 0.2) is 6.29 Å². The number of carbonyl (C=O) groups is 1. The Balaban J connectivity index is 2.09. The van der Waals surface area contributed by atoms with Gasteiger partial charge < -0.3 is 4.74 Å². The minimum Gasteiger partial charge on any atom is -0.378 e. The van der Waals surface area contributed by atoms with Crippen molar-refractivity contribution >= 4 is 6.29 Å². The number of rotatable bonds is 2. The monoisotopic (exact) mass is 181 g/mol. The predicted octanol–water partition coefficient (Wildman–Crippen LogP) is -0.336. The molecule has 1 saturated heterocycles. The summed E-state index contributed by atoms with van der Waals surface area (Å²) in [5.41, 5.74) is 0.603. The van der Waals surface area contributed by atoms with Gasteiger partial charge in [-0.1, -0.05) is 0 Å². The molecule has 2 rings (SSSR count). The molecule has 0 unspecified atom stereocenters. The zero-order valence-electron chi connectivity index (χ0n) is 7.22. The molecule has 1 fully saturated rings. The number of aldehydes is 1. The van der Waals surface area contributed by atoms with Gasteiger partial charge in [-0.2, -0.15) is 9.89 Å². The lowest BCUT2D eigenvalue weighted by Crippen LogP contribution is -2.44. The SMILES string of the molecule is O=Cc1cnn(N2CCOCC2)c1. The van der Waals surface area contributed by atoms with Crippen LogP contribution in [-0.4, -0.2) is 42.5 Å². The van der Waals surface area contributed by atoms with E-state index in [-0.39, 0.29) is 0 Å². The first-order valence-corrected chi connectivity index (χ1v) is 4.23. The second-order valence-corrected chi connectivity index (χ2v) is 2.88. The molecule has 0 amide bonds. The molecule has 0 atom stereocenters. The fraction of sp³-hybridized carbons (Fsp3) is 0.500. The standard InChI is InChI=1S/C8H11N3O2/c12-7-8-5-9-11(6-8)10-1-3-13-4-2-10/h5-7H,1-4H2. The average Bonchev–Trinajstić information content (AvgIpc) is 2.67. The molecular formula is C8H11N3O2. The van der Waals surface area contributed by atoms with Crippen LogP contribution in [0.1, 0.15) is 10.4 Å². The fourth-order valence-electron chi connectivity index (χ4n) is 1.30. The van der Waals surface area contributed by atoms with E-state index in [0.717, 1.165) is 32.6 Å². The van der Waals surface area contributed by atoms with Gasteiger partial charge in [0.25, 0.3) is 0 Å². The van der Waals surface area contributed by atoms with E-state index in [9.17, 15) is 4.79 Å². The second-order valence-electron chi connectivity index (χ2n) is 2.88. The van der Waals surface area contributed by atoms with Gasteiger partial charge in [0.1, 0.15) is 0 Å². The summed E-state index contributed by atoms with van der Waals surface area (Å²) in [5, 5.41) is 6.10. The van der Waals surface area contributed by atoms with Gasteiger partial charge in [0.05, 0.1) is 44.3 Å². The van der Waals surface area contributed by atoms with Crippen LogP contribution >= 0.6 is 0 Å². The topological polar surface area (TPSA) is 47.4 Å². The first-order valence-electron chi connectivity index (χ1n) is 4.23. The highest BCUT2D eigenvalue weighted by molar-refractivity contribution is 5.73. The van der Waals surface area contributed by atoms with Crippen molar-refractivity contribution in [1.82, 2.24) is 9.89 Å². The molecule has 5 nitrogen and oxygen atoms in total. The summed E-state index contributed by atoms with van der Waals surface area (Å²) < 4.78 is 5.20. The quantitative estimate of drug-likeness (QED) is 0.586. The maximum atomic E-state index is 10.4. The Bertz CT molecular complexity index is 291. The summed E-state index contributed by atoms with van der Waals surface area (Å²) >= 11 is 0. The molecule has 70 valence electrons. The Hall–Kier alpha value is -1.36. The van der Waals surface area contributed by atoms with Crippen LogP contribution in [-0.2, 0) is 4.74 Å². The highest BCUT2D eigenvalue weighted by Crippen LogP contribution is 1.98. The first kappa shape index (κ1) is 8.25. The molecule has 1 aromatic rings. The van der Waals surface area contributed by atoms with Crippen molar-refractivity contribution in [1.29, 1.82) is 0 Å². The summed E-state index contributed by atoms with van der Waals surface area (Å²) in [6.07, 6.45) is 4.07. The van der Waals surface area contributed by atoms with Crippen LogP contribution in [0.4, 0.5) is 0 Å². The third-order valence-electron chi connectivity index (χ3n) is 2.00. The van der Waals surface area contributed by atoms with Crippen LogP contribution in [0.5, 0.6) is 0 Å². The second kappa shape index (κ2) is 3.57. The van der Waals surface area contributed by atoms with Gasteiger partial charge in [0.2, 0.25) is 0 Å². The largest absolute Gasteiger partial charge is 0.378 e. The third kappa shape index (κ3) is 1.70. The Morgan fingerprint density at radius 2 is 2.23 bits per heavy atom. The van der Waals surface area contributed by atoms with Crippen LogP contribution in [0.3, 0.4) is 0 Å². The number of nitrogens with zero attached hydrogens (tertiary/aromatic N) is 3. The van der Waals surface area contributed by atoms with E-state index in [4.69, 9.17) is 4.74 Å². The molecule has 0 bridgehead atoms. The maximum Gasteiger partial charge on any atom is 0.153 e. The Kier molecular flexibility index (Phi) is 2.27. The van der Waals surface area contributed by atoms with E-state index in [1.807, 2.05) is 5.01 Å². The van der Waals surface area contributed by atoms with Crippen molar-refractivity contribution < 1.29 is 9.53 Å². The zero-order chi connectivity index (χ0) is 9.10. The van der Waals surface area contributed by atoms with Crippen LogP contribution in [0, 0.1) is 0 Å². The first-order chi connectivity index (χ1) is 6.40. The molecule has 1 aliphatic rings. The molecule has 1 aliphatic heterocycles. The molecule has 2 heterocycles. The van der Waals surface area contributed by atoms with E-state index >= 15 is 0 Å². The smallest absolute Gasteiger partial charge is 0.153 e. The van der Waals surface area contributed by atoms with Crippen LogP contribution in [0.25, 0.3) is 0 Å². The van der Waals surface area contributed by atoms with Gasteiger partial charge in [-0.25, -0.2) is 0 Å². The van der Waals surface area contributed by atoms with Crippen LogP contribution in [0.15, 0.2) is 12.4 Å². The highest BCUT2D eigenvalue weighted by Gasteiger charge is 2.11. The Morgan fingerprint density at radius 1 is 1.46 bits per heavy atom. The van der Waals surface area contributed by atoms with Crippen molar-refractivity contribution in [3.63, 3.8) is 0 Å². The molecule has 0 aliphatic carbocycles. The number of aromatic nitrogens is 2. The van der Waals surface area contributed by atoms with E-state index in [1.54, 1.807) is 17.2 Å². The number of hydrogen-bond acceptors (Lipinski definition) is 4. The van der Waals surface area contributed by atoms with Crippen molar-refractivity contribution in [3.05, 3.63) is 18.0 Å². The van der Waals surface area contributed by atoms with Gasteiger partial charge >= 0.3 is 0 Å².